The van der Waals surface area contributed by atoms with Gasteiger partial charge in [0.1, 0.15) is 5.82 Å². The Labute approximate surface area is 149 Å². The van der Waals surface area contributed by atoms with Gasteiger partial charge in [-0.2, -0.15) is 5.10 Å². The molecule has 3 heterocycles. The molecule has 0 spiro atoms. The van der Waals surface area contributed by atoms with E-state index in [1.807, 2.05) is 55.5 Å². The van der Waals surface area contributed by atoms with Gasteiger partial charge >= 0.3 is 0 Å². The molecule has 5 rings (SSSR count). The van der Waals surface area contributed by atoms with Crippen molar-refractivity contribution in [3.05, 3.63) is 54.2 Å². The maximum absolute atomic E-state index is 5.47. The number of ether oxygens (including phenoxy) is 2. The quantitative estimate of drug-likeness (QED) is 0.587. The van der Waals surface area contributed by atoms with Crippen LogP contribution in [0, 0.1) is 6.92 Å². The highest BCUT2D eigenvalue weighted by molar-refractivity contribution is 5.92. The van der Waals surface area contributed by atoms with Gasteiger partial charge in [0.15, 0.2) is 23.1 Å². The topological polar surface area (TPSA) is 85.0 Å². The van der Waals surface area contributed by atoms with Crippen molar-refractivity contribution in [3.8, 4) is 22.9 Å². The van der Waals surface area contributed by atoms with E-state index in [4.69, 9.17) is 19.4 Å². The van der Waals surface area contributed by atoms with Crippen LogP contribution in [0.15, 0.2) is 48.5 Å². The van der Waals surface area contributed by atoms with Gasteiger partial charge in [0.25, 0.3) is 0 Å². The van der Waals surface area contributed by atoms with Gasteiger partial charge in [0.2, 0.25) is 6.79 Å². The number of fused-ring (bicyclic) bond motifs is 2. The van der Waals surface area contributed by atoms with Gasteiger partial charge in [0.05, 0.1) is 5.52 Å². The summed E-state index contributed by atoms with van der Waals surface area (Å²) in [6.45, 7) is 2.19. The lowest BCUT2D eigenvalue weighted by Crippen LogP contribution is -1.99. The molecule has 0 unspecified atom stereocenters. The normalized spacial score (nSPS) is 12.5. The Bertz CT molecular complexity index is 1120. The minimum Gasteiger partial charge on any atom is -0.454 e. The molecular formula is C19H15N5O2. The predicted molar refractivity (Wildman–Crippen MR) is 97.7 cm³/mol. The average Bonchev–Trinajstić information content (AvgIpc) is 3.29. The third-order valence-electron chi connectivity index (χ3n) is 4.19. The molecule has 0 bridgehead atoms. The molecule has 0 saturated carbocycles. The summed E-state index contributed by atoms with van der Waals surface area (Å²) in [5, 5.41) is 11.4. The molecule has 0 saturated heterocycles. The number of nitrogens with zero attached hydrogens (tertiary/aromatic N) is 3. The zero-order chi connectivity index (χ0) is 17.5. The van der Waals surface area contributed by atoms with E-state index in [2.05, 4.69) is 15.5 Å². The highest BCUT2D eigenvalue weighted by atomic mass is 16.7. The highest BCUT2D eigenvalue weighted by Crippen LogP contribution is 2.36. The monoisotopic (exact) mass is 345 g/mol. The van der Waals surface area contributed by atoms with Gasteiger partial charge < -0.3 is 14.8 Å². The van der Waals surface area contributed by atoms with Gasteiger partial charge in [-0.15, -0.1) is 0 Å². The minimum atomic E-state index is 0.239. The number of nitrogens with one attached hydrogen (secondary N) is 2. The number of benzene rings is 2. The molecule has 1 aliphatic rings. The van der Waals surface area contributed by atoms with Gasteiger partial charge in [-0.1, -0.05) is 12.1 Å². The maximum atomic E-state index is 5.47. The average molecular weight is 345 g/mol. The van der Waals surface area contributed by atoms with E-state index in [-0.39, 0.29) is 6.79 Å². The first-order valence-electron chi connectivity index (χ1n) is 8.22. The highest BCUT2D eigenvalue weighted by Gasteiger charge is 2.16. The molecule has 7 nitrogen and oxygen atoms in total. The van der Waals surface area contributed by atoms with E-state index in [9.17, 15) is 0 Å². The van der Waals surface area contributed by atoms with Gasteiger partial charge in [-0.3, -0.25) is 5.10 Å². The molecule has 128 valence electrons. The summed E-state index contributed by atoms with van der Waals surface area (Å²) in [7, 11) is 0. The van der Waals surface area contributed by atoms with E-state index in [0.717, 1.165) is 27.9 Å². The van der Waals surface area contributed by atoms with Crippen LogP contribution in [0.2, 0.25) is 0 Å². The van der Waals surface area contributed by atoms with Gasteiger partial charge in [-0.05, 0) is 37.3 Å². The largest absolute Gasteiger partial charge is 0.454 e. The summed E-state index contributed by atoms with van der Waals surface area (Å²) in [6.07, 6.45) is 0. The summed E-state index contributed by atoms with van der Waals surface area (Å²) in [6, 6.07) is 15.5. The minimum absolute atomic E-state index is 0.239. The van der Waals surface area contributed by atoms with Crippen molar-refractivity contribution in [2.45, 2.75) is 6.92 Å². The van der Waals surface area contributed by atoms with E-state index in [1.165, 1.54) is 0 Å². The molecule has 26 heavy (non-hydrogen) atoms. The van der Waals surface area contributed by atoms with E-state index >= 15 is 0 Å². The lowest BCUT2D eigenvalue weighted by Gasteiger charge is -2.10. The van der Waals surface area contributed by atoms with Crippen LogP contribution in [0.4, 0.5) is 11.6 Å². The van der Waals surface area contributed by atoms with Crippen molar-refractivity contribution in [1.29, 1.82) is 0 Å². The Morgan fingerprint density at radius 3 is 2.77 bits per heavy atom. The van der Waals surface area contributed by atoms with Crippen molar-refractivity contribution >= 4 is 22.5 Å². The van der Waals surface area contributed by atoms with Crippen LogP contribution in [0.5, 0.6) is 11.5 Å². The zero-order valence-electron chi connectivity index (χ0n) is 14.0. The van der Waals surface area contributed by atoms with Crippen LogP contribution >= 0.6 is 0 Å². The first-order valence-corrected chi connectivity index (χ1v) is 8.22. The van der Waals surface area contributed by atoms with Crippen LogP contribution in [-0.4, -0.2) is 27.0 Å². The van der Waals surface area contributed by atoms with E-state index in [0.29, 0.717) is 23.2 Å². The third kappa shape index (κ3) is 2.50. The third-order valence-corrected chi connectivity index (χ3v) is 4.19. The maximum Gasteiger partial charge on any atom is 0.231 e. The lowest BCUT2D eigenvalue weighted by atomic mass is 10.1. The number of aryl methyl sites for hydroxylation is 1. The van der Waals surface area contributed by atoms with Gasteiger partial charge in [-0.25, -0.2) is 9.97 Å². The molecule has 4 aromatic rings. The van der Waals surface area contributed by atoms with Gasteiger partial charge in [0, 0.05) is 22.7 Å². The summed E-state index contributed by atoms with van der Waals surface area (Å²) in [4.78, 5) is 9.43. The standard InChI is InChI=1S/C19H15N5O2/c1-11-8-17(24-23-11)21-19-13-4-2-3-5-14(13)20-18(22-19)12-6-7-15-16(9-12)26-10-25-15/h2-9H,10H2,1H3,(H2,20,21,22,23,24). The Morgan fingerprint density at radius 2 is 1.88 bits per heavy atom. The van der Waals surface area contributed by atoms with Crippen LogP contribution in [-0.2, 0) is 0 Å². The van der Waals surface area contributed by atoms with Crippen molar-refractivity contribution < 1.29 is 9.47 Å². The molecule has 2 aromatic heterocycles. The first kappa shape index (κ1) is 14.7. The van der Waals surface area contributed by atoms with Crippen molar-refractivity contribution in [2.24, 2.45) is 0 Å². The van der Waals surface area contributed by atoms with Crippen LogP contribution in [0.25, 0.3) is 22.3 Å². The molecule has 0 radical (unpaired) electrons. The Balaban J connectivity index is 1.64. The van der Waals surface area contributed by atoms with Crippen LogP contribution < -0.4 is 14.8 Å². The summed E-state index contributed by atoms with van der Waals surface area (Å²) in [5.74, 6) is 3.46. The second kappa shape index (κ2) is 5.73. The first-order chi connectivity index (χ1) is 12.8. The van der Waals surface area contributed by atoms with E-state index < -0.39 is 0 Å². The smallest absolute Gasteiger partial charge is 0.231 e. The fraction of sp³-hybridized carbons (Fsp3) is 0.105. The number of para-hydroxylation sites is 1. The molecule has 0 aliphatic carbocycles. The number of hydrogen-bond donors (Lipinski definition) is 2. The number of aromatic nitrogens is 4. The molecule has 0 atom stereocenters. The van der Waals surface area contributed by atoms with Crippen molar-refractivity contribution in [1.82, 2.24) is 20.2 Å². The fourth-order valence-corrected chi connectivity index (χ4v) is 2.94. The van der Waals surface area contributed by atoms with Crippen molar-refractivity contribution in [3.63, 3.8) is 0 Å². The fourth-order valence-electron chi connectivity index (χ4n) is 2.94. The Hall–Kier alpha value is -3.61. The second-order valence-electron chi connectivity index (χ2n) is 6.04. The van der Waals surface area contributed by atoms with Crippen LogP contribution in [0.1, 0.15) is 5.69 Å². The molecule has 7 heteroatoms. The van der Waals surface area contributed by atoms with Crippen molar-refractivity contribution in [2.75, 3.05) is 12.1 Å². The predicted octanol–water partition coefficient (Wildman–Crippen LogP) is 3.80. The molecule has 2 N–H and O–H groups in total. The molecule has 1 aliphatic heterocycles. The molecular weight excluding hydrogens is 330 g/mol. The molecule has 2 aromatic carbocycles. The number of anilines is 2. The van der Waals surface area contributed by atoms with Crippen LogP contribution in [0.3, 0.4) is 0 Å². The number of rotatable bonds is 3. The summed E-state index contributed by atoms with van der Waals surface area (Å²) >= 11 is 0. The summed E-state index contributed by atoms with van der Waals surface area (Å²) in [5.41, 5.74) is 2.69. The van der Waals surface area contributed by atoms with E-state index in [1.54, 1.807) is 0 Å². The number of hydrogen-bond acceptors (Lipinski definition) is 6. The summed E-state index contributed by atoms with van der Waals surface area (Å²) < 4.78 is 10.8. The lowest BCUT2D eigenvalue weighted by molar-refractivity contribution is 0.174. The Morgan fingerprint density at radius 1 is 1.00 bits per heavy atom. The zero-order valence-corrected chi connectivity index (χ0v) is 14.0. The molecule has 0 amide bonds. The second-order valence-corrected chi connectivity index (χ2v) is 6.04. The number of aromatic amines is 1. The molecule has 0 fully saturated rings. The Kier molecular flexibility index (Phi) is 3.24. The SMILES string of the molecule is Cc1cc(Nc2nc(-c3ccc4c(c3)OCO4)nc3ccccc23)n[nH]1. The number of H-pyrrole nitrogens is 1.